The lowest BCUT2D eigenvalue weighted by Gasteiger charge is -2.25. The van der Waals surface area contributed by atoms with Crippen LogP contribution in [0.3, 0.4) is 0 Å². The Morgan fingerprint density at radius 1 is 1.33 bits per heavy atom. The molecule has 0 amide bonds. The minimum atomic E-state index is 0.116. The van der Waals surface area contributed by atoms with Crippen LogP contribution in [0.1, 0.15) is 20.8 Å². The van der Waals surface area contributed by atoms with Gasteiger partial charge in [0.2, 0.25) is 0 Å². The molecule has 0 saturated carbocycles. The summed E-state index contributed by atoms with van der Waals surface area (Å²) in [6.07, 6.45) is 0.116. The van der Waals surface area contributed by atoms with E-state index in [4.69, 9.17) is 9.47 Å². The smallest absolute Gasteiger partial charge is 0.191 e. The molecule has 3 unspecified atom stereocenters. The number of aliphatic imine (C=N–C) groups is 1. The summed E-state index contributed by atoms with van der Waals surface area (Å²) >= 11 is 0. The zero-order valence-electron chi connectivity index (χ0n) is 13.8. The monoisotopic (exact) mass is 298 g/mol. The van der Waals surface area contributed by atoms with Crippen molar-refractivity contribution in [3.05, 3.63) is 0 Å². The number of rotatable bonds is 4. The Labute approximate surface area is 128 Å². The lowest BCUT2D eigenvalue weighted by atomic mass is 10.1. The second-order valence-electron chi connectivity index (χ2n) is 6.30. The average Bonchev–Trinajstić information content (AvgIpc) is 2.86. The van der Waals surface area contributed by atoms with Gasteiger partial charge in [-0.05, 0) is 19.8 Å². The number of hydrogen-bond acceptors (Lipinski definition) is 4. The predicted octanol–water partition coefficient (Wildman–Crippen LogP) is 0.296. The van der Waals surface area contributed by atoms with Crippen molar-refractivity contribution in [2.24, 2.45) is 10.9 Å². The second kappa shape index (κ2) is 7.96. The summed E-state index contributed by atoms with van der Waals surface area (Å²) in [6.45, 7) is 11.8. The fourth-order valence-corrected chi connectivity index (χ4v) is 2.85. The first kappa shape index (κ1) is 16.5. The van der Waals surface area contributed by atoms with Crippen molar-refractivity contribution in [3.8, 4) is 0 Å². The number of nitrogens with zero attached hydrogens (tertiary/aromatic N) is 2. The Balaban J connectivity index is 1.77. The Morgan fingerprint density at radius 2 is 2.14 bits per heavy atom. The van der Waals surface area contributed by atoms with E-state index >= 15 is 0 Å². The van der Waals surface area contributed by atoms with Crippen LogP contribution in [-0.4, -0.2) is 75.5 Å². The zero-order valence-corrected chi connectivity index (χ0v) is 13.8. The maximum atomic E-state index is 5.63. The molecule has 0 radical (unpaired) electrons. The van der Waals surface area contributed by atoms with E-state index in [1.165, 1.54) is 0 Å². The first-order chi connectivity index (χ1) is 10.1. The number of nitrogens with one attached hydrogen (secondary N) is 2. The molecule has 0 aromatic rings. The van der Waals surface area contributed by atoms with Crippen LogP contribution in [0.4, 0.5) is 0 Å². The van der Waals surface area contributed by atoms with E-state index in [0.29, 0.717) is 37.8 Å². The minimum Gasteiger partial charge on any atom is -0.376 e. The SMILES string of the molecule is CN=C(NCC1COCCO1)NC1CN(C(C)C)CC1C. The average molecular weight is 298 g/mol. The molecule has 2 N–H and O–H groups in total. The van der Waals surface area contributed by atoms with Gasteiger partial charge in [-0.3, -0.25) is 9.89 Å². The third kappa shape index (κ3) is 4.83. The summed E-state index contributed by atoms with van der Waals surface area (Å²) < 4.78 is 11.0. The number of ether oxygens (including phenoxy) is 2. The molecule has 0 aromatic heterocycles. The quantitative estimate of drug-likeness (QED) is 0.577. The maximum Gasteiger partial charge on any atom is 0.191 e. The predicted molar refractivity (Wildman–Crippen MR) is 84.7 cm³/mol. The number of likely N-dealkylation sites (tertiary alicyclic amines) is 1. The van der Waals surface area contributed by atoms with E-state index in [1.807, 2.05) is 7.05 Å². The molecule has 6 heteroatoms. The molecule has 3 atom stereocenters. The Hall–Kier alpha value is -0.850. The van der Waals surface area contributed by atoms with Crippen molar-refractivity contribution >= 4 is 5.96 Å². The van der Waals surface area contributed by atoms with Crippen LogP contribution in [0.15, 0.2) is 4.99 Å². The Morgan fingerprint density at radius 3 is 2.71 bits per heavy atom. The van der Waals surface area contributed by atoms with Crippen molar-refractivity contribution < 1.29 is 9.47 Å². The van der Waals surface area contributed by atoms with Crippen molar-refractivity contribution in [1.82, 2.24) is 15.5 Å². The van der Waals surface area contributed by atoms with E-state index in [0.717, 1.165) is 25.6 Å². The highest BCUT2D eigenvalue weighted by atomic mass is 16.6. The highest BCUT2D eigenvalue weighted by Gasteiger charge is 2.31. The molecular formula is C15H30N4O2. The molecule has 0 aliphatic carbocycles. The third-order valence-electron chi connectivity index (χ3n) is 4.30. The van der Waals surface area contributed by atoms with Gasteiger partial charge in [-0.25, -0.2) is 0 Å². The molecule has 2 fully saturated rings. The maximum absolute atomic E-state index is 5.63. The van der Waals surface area contributed by atoms with E-state index < -0.39 is 0 Å². The van der Waals surface area contributed by atoms with Gasteiger partial charge in [0, 0.05) is 38.8 Å². The summed E-state index contributed by atoms with van der Waals surface area (Å²) in [5, 5.41) is 6.89. The molecule has 122 valence electrons. The molecule has 0 bridgehead atoms. The number of hydrogen-bond donors (Lipinski definition) is 2. The summed E-state index contributed by atoms with van der Waals surface area (Å²) in [5.74, 6) is 1.48. The summed E-state index contributed by atoms with van der Waals surface area (Å²) in [4.78, 5) is 6.83. The van der Waals surface area contributed by atoms with Crippen LogP contribution in [0, 0.1) is 5.92 Å². The fraction of sp³-hybridized carbons (Fsp3) is 0.933. The lowest BCUT2D eigenvalue weighted by Crippen LogP contribution is -2.49. The zero-order chi connectivity index (χ0) is 15.2. The molecule has 2 rings (SSSR count). The summed E-state index contributed by atoms with van der Waals surface area (Å²) in [7, 11) is 1.81. The van der Waals surface area contributed by atoms with Crippen LogP contribution >= 0.6 is 0 Å². The third-order valence-corrected chi connectivity index (χ3v) is 4.30. The topological polar surface area (TPSA) is 58.1 Å². The van der Waals surface area contributed by atoms with Gasteiger partial charge in [0.15, 0.2) is 5.96 Å². The molecule has 21 heavy (non-hydrogen) atoms. The minimum absolute atomic E-state index is 0.116. The Kier molecular flexibility index (Phi) is 6.26. The fourth-order valence-electron chi connectivity index (χ4n) is 2.85. The lowest BCUT2D eigenvalue weighted by molar-refractivity contribution is -0.0850. The van der Waals surface area contributed by atoms with Gasteiger partial charge >= 0.3 is 0 Å². The van der Waals surface area contributed by atoms with E-state index in [1.54, 1.807) is 0 Å². The van der Waals surface area contributed by atoms with E-state index in [2.05, 4.69) is 41.3 Å². The second-order valence-corrected chi connectivity index (χ2v) is 6.30. The first-order valence-corrected chi connectivity index (χ1v) is 8.00. The standard InChI is InChI=1S/C15H30N4O2/c1-11(2)19-8-12(3)14(9-19)18-15(16-4)17-7-13-10-20-5-6-21-13/h11-14H,5-10H2,1-4H3,(H2,16,17,18). The highest BCUT2D eigenvalue weighted by molar-refractivity contribution is 5.80. The van der Waals surface area contributed by atoms with Crippen LogP contribution in [-0.2, 0) is 9.47 Å². The normalized spacial score (nSPS) is 31.7. The van der Waals surface area contributed by atoms with Crippen molar-refractivity contribution in [2.75, 3.05) is 46.5 Å². The van der Waals surface area contributed by atoms with Gasteiger partial charge in [-0.1, -0.05) is 6.92 Å². The van der Waals surface area contributed by atoms with E-state index in [9.17, 15) is 0 Å². The van der Waals surface area contributed by atoms with Crippen LogP contribution in [0.25, 0.3) is 0 Å². The molecular weight excluding hydrogens is 268 g/mol. The van der Waals surface area contributed by atoms with Crippen molar-refractivity contribution in [1.29, 1.82) is 0 Å². The van der Waals surface area contributed by atoms with E-state index in [-0.39, 0.29) is 6.10 Å². The first-order valence-electron chi connectivity index (χ1n) is 8.00. The molecule has 2 saturated heterocycles. The molecule has 0 spiro atoms. The molecule has 2 heterocycles. The summed E-state index contributed by atoms with van der Waals surface area (Å²) in [5.41, 5.74) is 0. The van der Waals surface area contributed by atoms with Gasteiger partial charge in [0.25, 0.3) is 0 Å². The van der Waals surface area contributed by atoms with Gasteiger partial charge in [0.05, 0.1) is 25.9 Å². The van der Waals surface area contributed by atoms with Gasteiger partial charge in [-0.15, -0.1) is 0 Å². The summed E-state index contributed by atoms with van der Waals surface area (Å²) in [6, 6.07) is 1.05. The van der Waals surface area contributed by atoms with Crippen LogP contribution < -0.4 is 10.6 Å². The Bertz CT molecular complexity index is 343. The largest absolute Gasteiger partial charge is 0.376 e. The van der Waals surface area contributed by atoms with Crippen LogP contribution in [0.2, 0.25) is 0 Å². The van der Waals surface area contributed by atoms with Crippen molar-refractivity contribution in [2.45, 2.75) is 39.0 Å². The van der Waals surface area contributed by atoms with Gasteiger partial charge < -0.3 is 20.1 Å². The molecule has 6 nitrogen and oxygen atoms in total. The number of guanidine groups is 1. The van der Waals surface area contributed by atoms with Gasteiger partial charge in [-0.2, -0.15) is 0 Å². The molecule has 2 aliphatic heterocycles. The molecule has 0 aromatic carbocycles. The van der Waals surface area contributed by atoms with Gasteiger partial charge in [0.1, 0.15) is 0 Å². The molecule has 2 aliphatic rings. The van der Waals surface area contributed by atoms with Crippen molar-refractivity contribution in [3.63, 3.8) is 0 Å². The highest BCUT2D eigenvalue weighted by Crippen LogP contribution is 2.18. The van der Waals surface area contributed by atoms with Crippen LogP contribution in [0.5, 0.6) is 0 Å².